The molecule has 2 aliphatic rings. The summed E-state index contributed by atoms with van der Waals surface area (Å²) in [5.41, 5.74) is -0.0556. The highest BCUT2D eigenvalue weighted by molar-refractivity contribution is 7.99. The Morgan fingerprint density at radius 3 is 2.71 bits per heavy atom. The van der Waals surface area contributed by atoms with Crippen molar-refractivity contribution < 1.29 is 9.90 Å². The first kappa shape index (κ1) is 12.8. The minimum atomic E-state index is -1.08. The number of rotatable bonds is 5. The van der Waals surface area contributed by atoms with E-state index in [1.54, 1.807) is 6.20 Å². The first-order valence-electron chi connectivity index (χ1n) is 6.90. The van der Waals surface area contributed by atoms with E-state index >= 15 is 0 Å². The molecule has 2 heterocycles. The van der Waals surface area contributed by atoms with Crippen LogP contribution in [-0.4, -0.2) is 35.8 Å². The molecule has 2 fully saturated rings. The van der Waals surface area contributed by atoms with Gasteiger partial charge in [0.25, 0.3) is 0 Å². The Kier molecular flexibility index (Phi) is 2.91. The zero-order chi connectivity index (χ0) is 14.4. The van der Waals surface area contributed by atoms with Crippen molar-refractivity contribution >= 4 is 17.7 Å². The molecule has 1 N–H and O–H groups in total. The molecule has 0 aromatic carbocycles. The number of nitrogens with zero attached hydrogens (tertiary/aromatic N) is 5. The standard InChI is InChI=1S/C13H13N5O2S/c19-12(20)9-5-14-6-10(15-9)21-13-17-16-11(7-1-2-7)18(13)8-3-4-8/h5-8H,1-4H2,(H,19,20). The number of hydrogen-bond acceptors (Lipinski definition) is 6. The third-order valence-corrected chi connectivity index (χ3v) is 4.44. The maximum Gasteiger partial charge on any atom is 0.356 e. The van der Waals surface area contributed by atoms with E-state index in [1.807, 2.05) is 0 Å². The lowest BCUT2D eigenvalue weighted by atomic mass is 10.4. The summed E-state index contributed by atoms with van der Waals surface area (Å²) in [5, 5.41) is 18.9. The van der Waals surface area contributed by atoms with Crippen molar-refractivity contribution in [2.45, 2.75) is 47.8 Å². The second-order valence-corrected chi connectivity index (χ2v) is 6.35. The van der Waals surface area contributed by atoms with E-state index in [0.717, 1.165) is 23.8 Å². The Bertz CT molecular complexity index is 708. The molecule has 2 saturated carbocycles. The van der Waals surface area contributed by atoms with Crippen LogP contribution in [0.1, 0.15) is 54.0 Å². The van der Waals surface area contributed by atoms with Crippen LogP contribution in [0.3, 0.4) is 0 Å². The van der Waals surface area contributed by atoms with Crippen LogP contribution in [0.25, 0.3) is 0 Å². The van der Waals surface area contributed by atoms with Gasteiger partial charge in [-0.3, -0.25) is 4.98 Å². The Labute approximate surface area is 124 Å². The third-order valence-electron chi connectivity index (χ3n) is 3.57. The fourth-order valence-corrected chi connectivity index (χ4v) is 3.11. The number of aromatic nitrogens is 5. The molecule has 0 atom stereocenters. The molecule has 2 aromatic rings. The van der Waals surface area contributed by atoms with Crippen LogP contribution in [0.15, 0.2) is 22.6 Å². The Balaban J connectivity index is 1.65. The first-order chi connectivity index (χ1) is 10.2. The van der Waals surface area contributed by atoms with Gasteiger partial charge in [-0.2, -0.15) is 0 Å². The van der Waals surface area contributed by atoms with Gasteiger partial charge < -0.3 is 9.67 Å². The molecule has 0 bridgehead atoms. The quantitative estimate of drug-likeness (QED) is 0.904. The van der Waals surface area contributed by atoms with Gasteiger partial charge in [0.15, 0.2) is 10.9 Å². The highest BCUT2D eigenvalue weighted by atomic mass is 32.2. The Morgan fingerprint density at radius 2 is 2.05 bits per heavy atom. The van der Waals surface area contributed by atoms with E-state index in [9.17, 15) is 4.79 Å². The fraction of sp³-hybridized carbons (Fsp3) is 0.462. The molecule has 21 heavy (non-hydrogen) atoms. The molecule has 0 aliphatic heterocycles. The van der Waals surface area contributed by atoms with Gasteiger partial charge in [0.05, 0.1) is 12.4 Å². The van der Waals surface area contributed by atoms with Crippen molar-refractivity contribution in [1.82, 2.24) is 24.7 Å². The van der Waals surface area contributed by atoms with Gasteiger partial charge in [0, 0.05) is 12.0 Å². The molecule has 0 radical (unpaired) electrons. The van der Waals surface area contributed by atoms with Gasteiger partial charge in [-0.1, -0.05) is 0 Å². The smallest absolute Gasteiger partial charge is 0.356 e. The largest absolute Gasteiger partial charge is 0.476 e. The lowest BCUT2D eigenvalue weighted by Crippen LogP contribution is -2.04. The summed E-state index contributed by atoms with van der Waals surface area (Å²) < 4.78 is 2.21. The molecule has 2 aromatic heterocycles. The van der Waals surface area contributed by atoms with Crippen molar-refractivity contribution in [2.75, 3.05) is 0 Å². The predicted octanol–water partition coefficient (Wildman–Crippen LogP) is 2.13. The molecule has 108 valence electrons. The first-order valence-corrected chi connectivity index (χ1v) is 7.72. The summed E-state index contributed by atoms with van der Waals surface area (Å²) in [4.78, 5) is 19.0. The van der Waals surface area contributed by atoms with Crippen LogP contribution in [0, 0.1) is 0 Å². The van der Waals surface area contributed by atoms with Gasteiger partial charge in [-0.15, -0.1) is 10.2 Å². The molecule has 7 nitrogen and oxygen atoms in total. The summed E-state index contributed by atoms with van der Waals surface area (Å²) >= 11 is 1.33. The van der Waals surface area contributed by atoms with Gasteiger partial charge in [0.1, 0.15) is 10.9 Å². The van der Waals surface area contributed by atoms with Crippen LogP contribution in [0.4, 0.5) is 0 Å². The van der Waals surface area contributed by atoms with Crippen molar-refractivity contribution in [1.29, 1.82) is 0 Å². The van der Waals surface area contributed by atoms with Crippen LogP contribution < -0.4 is 0 Å². The van der Waals surface area contributed by atoms with Crippen molar-refractivity contribution in [2.24, 2.45) is 0 Å². The molecule has 0 unspecified atom stereocenters. The van der Waals surface area contributed by atoms with Gasteiger partial charge in [-0.25, -0.2) is 9.78 Å². The minimum Gasteiger partial charge on any atom is -0.476 e. The molecule has 8 heteroatoms. The molecule has 0 saturated heterocycles. The summed E-state index contributed by atoms with van der Waals surface area (Å²) in [6.45, 7) is 0. The molecule has 2 aliphatic carbocycles. The van der Waals surface area contributed by atoms with Crippen molar-refractivity contribution in [3.63, 3.8) is 0 Å². The number of carboxylic acids is 1. The normalized spacial score (nSPS) is 17.9. The summed E-state index contributed by atoms with van der Waals surface area (Å²) in [6, 6.07) is 0.494. The Morgan fingerprint density at radius 1 is 1.24 bits per heavy atom. The van der Waals surface area contributed by atoms with Gasteiger partial charge >= 0.3 is 5.97 Å². The second kappa shape index (κ2) is 4.80. The molecular weight excluding hydrogens is 290 g/mol. The van der Waals surface area contributed by atoms with E-state index < -0.39 is 5.97 Å². The van der Waals surface area contributed by atoms with Crippen LogP contribution in [-0.2, 0) is 0 Å². The average molecular weight is 303 g/mol. The number of carboxylic acid groups (broad SMARTS) is 1. The topological polar surface area (TPSA) is 93.8 Å². The van der Waals surface area contributed by atoms with E-state index in [0.29, 0.717) is 17.0 Å². The molecule has 0 amide bonds. The lowest BCUT2D eigenvalue weighted by molar-refractivity contribution is 0.0689. The number of aromatic carboxylic acids is 1. The lowest BCUT2D eigenvalue weighted by Gasteiger charge is -2.07. The molecule has 4 rings (SSSR count). The summed E-state index contributed by atoms with van der Waals surface area (Å²) in [5.74, 6) is 0.540. The third kappa shape index (κ3) is 2.51. The zero-order valence-corrected chi connectivity index (χ0v) is 12.0. The highest BCUT2D eigenvalue weighted by Crippen LogP contribution is 2.46. The van der Waals surface area contributed by atoms with Crippen LogP contribution >= 0.6 is 11.8 Å². The van der Waals surface area contributed by atoms with E-state index in [4.69, 9.17) is 5.11 Å². The Hall–Kier alpha value is -1.96. The maximum absolute atomic E-state index is 10.9. The molecule has 0 spiro atoms. The van der Waals surface area contributed by atoms with Gasteiger partial charge in [-0.05, 0) is 37.4 Å². The van der Waals surface area contributed by atoms with E-state index in [1.165, 1.54) is 30.8 Å². The highest BCUT2D eigenvalue weighted by Gasteiger charge is 2.36. The van der Waals surface area contributed by atoms with Gasteiger partial charge in [0.2, 0.25) is 0 Å². The second-order valence-electron chi connectivity index (χ2n) is 5.37. The average Bonchev–Trinajstić information content (AvgIpc) is 3.39. The maximum atomic E-state index is 10.9. The van der Waals surface area contributed by atoms with Crippen LogP contribution in [0.2, 0.25) is 0 Å². The summed E-state index contributed by atoms with van der Waals surface area (Å²) in [6.07, 6.45) is 7.49. The zero-order valence-electron chi connectivity index (χ0n) is 11.1. The monoisotopic (exact) mass is 303 g/mol. The fourth-order valence-electron chi connectivity index (χ4n) is 2.25. The number of hydrogen-bond donors (Lipinski definition) is 1. The van der Waals surface area contributed by atoms with E-state index in [2.05, 4.69) is 24.7 Å². The van der Waals surface area contributed by atoms with Crippen molar-refractivity contribution in [3.8, 4) is 0 Å². The summed E-state index contributed by atoms with van der Waals surface area (Å²) in [7, 11) is 0. The van der Waals surface area contributed by atoms with Crippen molar-refractivity contribution in [3.05, 3.63) is 23.9 Å². The number of carbonyl (C=O) groups is 1. The minimum absolute atomic E-state index is 0.0556. The van der Waals surface area contributed by atoms with E-state index in [-0.39, 0.29) is 5.69 Å². The van der Waals surface area contributed by atoms with Crippen LogP contribution in [0.5, 0.6) is 0 Å². The SMILES string of the molecule is O=C(O)c1cncc(Sc2nnc(C3CC3)n2C2CC2)n1. The predicted molar refractivity (Wildman–Crippen MR) is 73.4 cm³/mol. The molecular formula is C13H13N5O2S.